The molecule has 0 radical (unpaired) electrons. The van der Waals surface area contributed by atoms with Crippen LogP contribution in [0.15, 0.2) is 78.9 Å². The van der Waals surface area contributed by atoms with Crippen molar-refractivity contribution < 1.29 is 32.2 Å². The molecule has 2 N–H and O–H groups in total. The number of benzene rings is 4. The van der Waals surface area contributed by atoms with Crippen molar-refractivity contribution in [2.24, 2.45) is 0 Å². The second kappa shape index (κ2) is 10.4. The van der Waals surface area contributed by atoms with Gasteiger partial charge in [-0.2, -0.15) is 13.2 Å². The molecule has 4 rings (SSSR count). The maximum atomic E-state index is 14.3. The van der Waals surface area contributed by atoms with Crippen LogP contribution in [0, 0.1) is 5.82 Å². The highest BCUT2D eigenvalue weighted by atomic mass is 19.4. The summed E-state index contributed by atoms with van der Waals surface area (Å²) < 4.78 is 59.7. The minimum atomic E-state index is -4.75. The number of ether oxygens (including phenoxy) is 1. The van der Waals surface area contributed by atoms with Crippen molar-refractivity contribution >= 4 is 16.7 Å². The Bertz CT molecular complexity index is 1400. The van der Waals surface area contributed by atoms with Crippen molar-refractivity contribution in [2.45, 2.75) is 19.1 Å². The van der Waals surface area contributed by atoms with Crippen molar-refractivity contribution in [3.05, 3.63) is 101 Å². The average molecular weight is 497 g/mol. The molecule has 0 heterocycles. The summed E-state index contributed by atoms with van der Waals surface area (Å²) in [7, 11) is 0. The highest BCUT2D eigenvalue weighted by Crippen LogP contribution is 2.35. The van der Waals surface area contributed by atoms with Gasteiger partial charge in [0.1, 0.15) is 18.2 Å². The molecule has 0 aromatic heterocycles. The van der Waals surface area contributed by atoms with E-state index in [0.29, 0.717) is 12.6 Å². The van der Waals surface area contributed by atoms with Gasteiger partial charge in [0.2, 0.25) is 0 Å². The van der Waals surface area contributed by atoms with Crippen molar-refractivity contribution in [3.63, 3.8) is 0 Å². The van der Waals surface area contributed by atoms with E-state index in [0.717, 1.165) is 40.6 Å². The first-order valence-electron chi connectivity index (χ1n) is 11.2. The van der Waals surface area contributed by atoms with Crippen LogP contribution in [0.1, 0.15) is 34.5 Å². The molecule has 0 bridgehead atoms. The second-order valence-corrected chi connectivity index (χ2v) is 8.37. The van der Waals surface area contributed by atoms with Crippen LogP contribution in [-0.2, 0) is 6.18 Å². The zero-order chi connectivity index (χ0) is 25.9. The van der Waals surface area contributed by atoms with E-state index in [1.165, 1.54) is 6.07 Å². The minimum Gasteiger partial charge on any atom is -0.492 e. The third-order valence-electron chi connectivity index (χ3n) is 5.82. The van der Waals surface area contributed by atoms with Crippen LogP contribution in [0.25, 0.3) is 21.9 Å². The summed E-state index contributed by atoms with van der Waals surface area (Å²) in [6.07, 6.45) is -4.75. The molecule has 0 spiro atoms. The number of carboxylic acid groups (broad SMARTS) is 1. The van der Waals surface area contributed by atoms with E-state index >= 15 is 0 Å². The monoisotopic (exact) mass is 497 g/mol. The van der Waals surface area contributed by atoms with Crippen LogP contribution in [0.3, 0.4) is 0 Å². The van der Waals surface area contributed by atoms with Gasteiger partial charge in [-0.3, -0.25) is 0 Å². The molecule has 0 aliphatic carbocycles. The number of alkyl halides is 3. The van der Waals surface area contributed by atoms with Crippen molar-refractivity contribution in [2.75, 3.05) is 13.2 Å². The Kier molecular flexibility index (Phi) is 7.26. The van der Waals surface area contributed by atoms with E-state index in [9.17, 15) is 27.5 Å². The molecule has 0 aliphatic heterocycles. The molecule has 0 saturated carbocycles. The highest BCUT2D eigenvalue weighted by molar-refractivity contribution is 5.90. The van der Waals surface area contributed by atoms with E-state index in [4.69, 9.17) is 4.74 Å². The third kappa shape index (κ3) is 5.83. The lowest BCUT2D eigenvalue weighted by atomic mass is 9.99. The maximum absolute atomic E-state index is 14.3. The fourth-order valence-electron chi connectivity index (χ4n) is 4.08. The van der Waals surface area contributed by atoms with Gasteiger partial charge in [0.15, 0.2) is 0 Å². The van der Waals surface area contributed by atoms with Crippen LogP contribution >= 0.6 is 0 Å². The molecule has 0 saturated heterocycles. The Morgan fingerprint density at radius 2 is 1.69 bits per heavy atom. The van der Waals surface area contributed by atoms with E-state index in [-0.39, 0.29) is 29.5 Å². The summed E-state index contributed by atoms with van der Waals surface area (Å²) in [5.74, 6) is -2.10. The van der Waals surface area contributed by atoms with E-state index in [2.05, 4.69) is 11.4 Å². The lowest BCUT2D eigenvalue weighted by Crippen LogP contribution is -2.24. The molecule has 1 atom stereocenters. The first-order chi connectivity index (χ1) is 17.1. The van der Waals surface area contributed by atoms with E-state index < -0.39 is 29.1 Å². The quantitative estimate of drug-likeness (QED) is 0.202. The van der Waals surface area contributed by atoms with Gasteiger partial charge in [-0.15, -0.1) is 0 Å². The Hall–Kier alpha value is -3.91. The minimum absolute atomic E-state index is 0.0160. The molecule has 4 aromatic rings. The number of carbonyl (C=O) groups is 1. The number of aromatic carboxylic acids is 1. The molecule has 36 heavy (non-hydrogen) atoms. The number of nitrogens with one attached hydrogen (secondary N) is 1. The number of hydrogen-bond acceptors (Lipinski definition) is 3. The predicted octanol–water partition coefficient (Wildman–Crippen LogP) is 7.09. The summed E-state index contributed by atoms with van der Waals surface area (Å²) in [6, 6.07) is 20.1. The second-order valence-electron chi connectivity index (χ2n) is 8.37. The van der Waals surface area contributed by atoms with E-state index in [1.54, 1.807) is 0 Å². The summed E-state index contributed by atoms with van der Waals surface area (Å²) in [4.78, 5) is 11.3. The molecule has 0 amide bonds. The van der Waals surface area contributed by atoms with Gasteiger partial charge in [0.25, 0.3) is 0 Å². The molecule has 4 nitrogen and oxygen atoms in total. The number of rotatable bonds is 8. The number of fused-ring (bicyclic) bond motifs is 1. The number of halogens is 4. The van der Waals surface area contributed by atoms with Crippen LogP contribution in [0.5, 0.6) is 5.75 Å². The molecule has 4 aromatic carbocycles. The Balaban J connectivity index is 1.47. The molecule has 8 heteroatoms. The van der Waals surface area contributed by atoms with Gasteiger partial charge in [-0.05, 0) is 64.7 Å². The van der Waals surface area contributed by atoms with Crippen molar-refractivity contribution in [1.82, 2.24) is 5.32 Å². The van der Waals surface area contributed by atoms with Gasteiger partial charge in [0.05, 0.1) is 11.1 Å². The molecule has 1 unspecified atom stereocenters. The van der Waals surface area contributed by atoms with Crippen LogP contribution in [0.2, 0.25) is 0 Å². The molecule has 0 fully saturated rings. The van der Waals surface area contributed by atoms with Crippen LogP contribution in [0.4, 0.5) is 17.6 Å². The maximum Gasteiger partial charge on any atom is 0.416 e. The number of hydrogen-bond donors (Lipinski definition) is 2. The largest absolute Gasteiger partial charge is 0.492 e. The third-order valence-corrected chi connectivity index (χ3v) is 5.82. The Labute approximate surface area is 205 Å². The fraction of sp³-hybridized carbons (Fsp3) is 0.179. The van der Waals surface area contributed by atoms with Gasteiger partial charge in [0, 0.05) is 18.7 Å². The normalized spacial score (nSPS) is 12.5. The van der Waals surface area contributed by atoms with Crippen LogP contribution < -0.4 is 10.1 Å². The van der Waals surface area contributed by atoms with Gasteiger partial charge in [-0.25, -0.2) is 9.18 Å². The summed E-state index contributed by atoms with van der Waals surface area (Å²) >= 11 is 0. The first kappa shape index (κ1) is 25.2. The summed E-state index contributed by atoms with van der Waals surface area (Å²) in [5, 5.41) is 14.8. The lowest BCUT2D eigenvalue weighted by molar-refractivity contribution is -0.137. The molecule has 0 aliphatic rings. The van der Waals surface area contributed by atoms with Crippen molar-refractivity contribution in [1.29, 1.82) is 0 Å². The topological polar surface area (TPSA) is 58.6 Å². The Morgan fingerprint density at radius 1 is 0.972 bits per heavy atom. The molecular formula is C28H23F4NO3. The molecule has 186 valence electrons. The van der Waals surface area contributed by atoms with Gasteiger partial charge < -0.3 is 15.2 Å². The first-order valence-corrected chi connectivity index (χ1v) is 11.2. The number of carboxylic acids is 1. The zero-order valence-corrected chi connectivity index (χ0v) is 19.3. The smallest absolute Gasteiger partial charge is 0.416 e. The lowest BCUT2D eigenvalue weighted by Gasteiger charge is -2.17. The van der Waals surface area contributed by atoms with Gasteiger partial charge >= 0.3 is 12.1 Å². The average Bonchev–Trinajstić information content (AvgIpc) is 2.85. The standard InChI is InChI=1S/C28H23F4NO3/c1-17(25-8-4-6-18-5-2-3-7-26(18)25)33-9-10-36-24-15-20(14-23(29)16-24)19-11-21(27(34)35)13-22(12-19)28(30,31)32/h2-8,11-17,33H,9-10H2,1H3,(H,34,35). The van der Waals surface area contributed by atoms with E-state index in [1.807, 2.05) is 43.3 Å². The zero-order valence-electron chi connectivity index (χ0n) is 19.3. The van der Waals surface area contributed by atoms with Crippen molar-refractivity contribution in [3.8, 4) is 16.9 Å². The predicted molar refractivity (Wildman–Crippen MR) is 130 cm³/mol. The summed E-state index contributed by atoms with van der Waals surface area (Å²) in [6.45, 7) is 2.64. The van der Waals surface area contributed by atoms with Crippen LogP contribution in [-0.4, -0.2) is 24.2 Å². The summed E-state index contributed by atoms with van der Waals surface area (Å²) in [5.41, 5.74) is -0.543. The SMILES string of the molecule is CC(NCCOc1cc(F)cc(-c2cc(C(=O)O)cc(C(F)(F)F)c2)c1)c1cccc2ccccc12. The fourth-order valence-corrected chi connectivity index (χ4v) is 4.08. The molecular weight excluding hydrogens is 474 g/mol. The van der Waals surface area contributed by atoms with Gasteiger partial charge in [-0.1, -0.05) is 42.5 Å². The highest BCUT2D eigenvalue weighted by Gasteiger charge is 2.32. The Morgan fingerprint density at radius 3 is 2.44 bits per heavy atom.